The molecule has 0 saturated heterocycles. The lowest BCUT2D eigenvalue weighted by atomic mass is 9.99. The largest absolute Gasteiger partial charge is 0.384 e. The molecule has 2 aromatic heterocycles. The quantitative estimate of drug-likeness (QED) is 0.757. The van der Waals surface area contributed by atoms with Crippen molar-refractivity contribution in [2.75, 3.05) is 6.54 Å². The van der Waals surface area contributed by atoms with Crippen molar-refractivity contribution < 1.29 is 9.90 Å². The molecule has 0 aromatic carbocycles. The third-order valence-corrected chi connectivity index (χ3v) is 4.68. The molecule has 2 amide bonds. The summed E-state index contributed by atoms with van der Waals surface area (Å²) in [6, 6.07) is 1.55. The molecule has 3 N–H and O–H groups in total. The Hall–Kier alpha value is -1.86. The van der Waals surface area contributed by atoms with Crippen LogP contribution in [-0.4, -0.2) is 27.5 Å². The van der Waals surface area contributed by atoms with Crippen molar-refractivity contribution in [2.45, 2.75) is 46.4 Å². The van der Waals surface area contributed by atoms with E-state index in [4.69, 9.17) is 0 Å². The highest BCUT2D eigenvalue weighted by molar-refractivity contribution is 7.08. The highest BCUT2D eigenvalue weighted by atomic mass is 32.1. The minimum absolute atomic E-state index is 0.155. The van der Waals surface area contributed by atoms with Crippen LogP contribution in [0.3, 0.4) is 0 Å². The first kappa shape index (κ1) is 17.5. The molecule has 0 bridgehead atoms. The number of aryl methyl sites for hydroxylation is 2. The van der Waals surface area contributed by atoms with E-state index < -0.39 is 5.60 Å². The molecule has 0 unspecified atom stereocenters. The Morgan fingerprint density at radius 3 is 2.74 bits per heavy atom. The molecule has 0 aliphatic carbocycles. The summed E-state index contributed by atoms with van der Waals surface area (Å²) in [5.74, 6) is 0. The van der Waals surface area contributed by atoms with Gasteiger partial charge in [0.1, 0.15) is 5.60 Å². The van der Waals surface area contributed by atoms with Crippen molar-refractivity contribution in [1.29, 1.82) is 0 Å². The normalized spacial score (nSPS) is 13.6. The van der Waals surface area contributed by atoms with E-state index in [9.17, 15) is 9.90 Å². The molecule has 7 heteroatoms. The standard InChI is InChI=1S/C16H24N4O2S/c1-5-20-12(3)14(11(2)19-20)8-17-15(21)18-10-16(4,22)13-6-7-23-9-13/h6-7,9,22H,5,8,10H2,1-4H3,(H2,17,18,21)/t16-/m1/s1. The van der Waals surface area contributed by atoms with Gasteiger partial charge in [0.2, 0.25) is 0 Å². The second-order valence-electron chi connectivity index (χ2n) is 5.79. The third-order valence-electron chi connectivity index (χ3n) is 3.99. The van der Waals surface area contributed by atoms with Crippen LogP contribution >= 0.6 is 11.3 Å². The molecule has 0 radical (unpaired) electrons. The van der Waals surface area contributed by atoms with Gasteiger partial charge in [-0.15, -0.1) is 0 Å². The zero-order valence-electron chi connectivity index (χ0n) is 14.0. The number of hydrogen-bond acceptors (Lipinski definition) is 4. The predicted molar refractivity (Wildman–Crippen MR) is 91.5 cm³/mol. The summed E-state index contributed by atoms with van der Waals surface area (Å²) in [5.41, 5.74) is 2.76. The number of nitrogens with zero attached hydrogens (tertiary/aromatic N) is 2. The topological polar surface area (TPSA) is 79.2 Å². The average molecular weight is 336 g/mol. The Morgan fingerprint density at radius 2 is 2.17 bits per heavy atom. The molecule has 0 aliphatic heterocycles. The minimum Gasteiger partial charge on any atom is -0.384 e. The number of nitrogens with one attached hydrogen (secondary N) is 2. The van der Waals surface area contributed by atoms with Gasteiger partial charge in [-0.1, -0.05) is 0 Å². The first-order chi connectivity index (χ1) is 10.8. The first-order valence-electron chi connectivity index (χ1n) is 7.64. The van der Waals surface area contributed by atoms with Gasteiger partial charge in [-0.05, 0) is 50.1 Å². The van der Waals surface area contributed by atoms with Gasteiger partial charge in [-0.2, -0.15) is 16.4 Å². The van der Waals surface area contributed by atoms with Crippen LogP contribution < -0.4 is 10.6 Å². The number of carbonyl (C=O) groups excluding carboxylic acids is 1. The van der Waals surface area contributed by atoms with Crippen molar-refractivity contribution in [1.82, 2.24) is 20.4 Å². The van der Waals surface area contributed by atoms with Gasteiger partial charge in [0.25, 0.3) is 0 Å². The maximum Gasteiger partial charge on any atom is 0.315 e. The van der Waals surface area contributed by atoms with E-state index in [0.717, 1.165) is 29.1 Å². The molecule has 6 nitrogen and oxygen atoms in total. The van der Waals surface area contributed by atoms with Crippen LogP contribution in [0, 0.1) is 13.8 Å². The SMILES string of the molecule is CCn1nc(C)c(CNC(=O)NC[C@@](C)(O)c2ccsc2)c1C. The van der Waals surface area contributed by atoms with E-state index in [1.807, 2.05) is 42.3 Å². The van der Waals surface area contributed by atoms with Crippen LogP contribution in [0.5, 0.6) is 0 Å². The summed E-state index contributed by atoms with van der Waals surface area (Å²) in [4.78, 5) is 12.0. The van der Waals surface area contributed by atoms with Gasteiger partial charge in [0, 0.05) is 24.3 Å². The zero-order valence-corrected chi connectivity index (χ0v) is 14.8. The molecule has 0 saturated carbocycles. The monoisotopic (exact) mass is 336 g/mol. The minimum atomic E-state index is -1.07. The van der Waals surface area contributed by atoms with E-state index in [0.29, 0.717) is 6.54 Å². The first-order valence-corrected chi connectivity index (χ1v) is 8.59. The van der Waals surface area contributed by atoms with Crippen LogP contribution in [0.2, 0.25) is 0 Å². The highest BCUT2D eigenvalue weighted by Crippen LogP contribution is 2.21. The van der Waals surface area contributed by atoms with Gasteiger partial charge in [0.15, 0.2) is 0 Å². The molecule has 0 aliphatic rings. The number of urea groups is 1. The van der Waals surface area contributed by atoms with Crippen molar-refractivity contribution in [3.8, 4) is 0 Å². The number of amides is 2. The molecule has 2 rings (SSSR count). The second kappa shape index (κ2) is 7.14. The summed E-state index contributed by atoms with van der Waals surface area (Å²) >= 11 is 1.52. The van der Waals surface area contributed by atoms with Gasteiger partial charge < -0.3 is 15.7 Å². The molecule has 126 valence electrons. The number of aliphatic hydroxyl groups is 1. The molecular formula is C16H24N4O2S. The lowest BCUT2D eigenvalue weighted by molar-refractivity contribution is 0.0598. The fourth-order valence-corrected chi connectivity index (χ4v) is 3.24. The Labute approximate surface area is 140 Å². The lowest BCUT2D eigenvalue weighted by Crippen LogP contribution is -2.43. The number of hydrogen-bond donors (Lipinski definition) is 3. The van der Waals surface area contributed by atoms with Crippen LogP contribution in [-0.2, 0) is 18.7 Å². The Morgan fingerprint density at radius 1 is 1.43 bits per heavy atom. The number of rotatable bonds is 6. The summed E-state index contributed by atoms with van der Waals surface area (Å²) in [7, 11) is 0. The molecule has 2 aromatic rings. The summed E-state index contributed by atoms with van der Waals surface area (Å²) < 4.78 is 1.92. The van der Waals surface area contributed by atoms with Crippen molar-refractivity contribution in [2.24, 2.45) is 0 Å². The Bertz CT molecular complexity index is 662. The fourth-order valence-electron chi connectivity index (χ4n) is 2.45. The van der Waals surface area contributed by atoms with Gasteiger partial charge >= 0.3 is 6.03 Å². The van der Waals surface area contributed by atoms with Crippen LogP contribution in [0.1, 0.15) is 36.4 Å². The summed E-state index contributed by atoms with van der Waals surface area (Å²) in [6.45, 7) is 9.05. The van der Waals surface area contributed by atoms with E-state index in [-0.39, 0.29) is 12.6 Å². The Kier molecular flexibility index (Phi) is 5.43. The van der Waals surface area contributed by atoms with Gasteiger partial charge in [-0.25, -0.2) is 4.79 Å². The van der Waals surface area contributed by atoms with Crippen molar-refractivity contribution in [3.63, 3.8) is 0 Å². The third kappa shape index (κ3) is 4.11. The zero-order chi connectivity index (χ0) is 17.0. The average Bonchev–Trinajstić information content (AvgIpc) is 3.13. The van der Waals surface area contributed by atoms with Gasteiger partial charge in [-0.3, -0.25) is 4.68 Å². The van der Waals surface area contributed by atoms with E-state index in [2.05, 4.69) is 15.7 Å². The van der Waals surface area contributed by atoms with Crippen LogP contribution in [0.25, 0.3) is 0 Å². The van der Waals surface area contributed by atoms with E-state index in [1.165, 1.54) is 11.3 Å². The molecule has 2 heterocycles. The molecule has 1 atom stereocenters. The van der Waals surface area contributed by atoms with Gasteiger partial charge in [0.05, 0.1) is 12.2 Å². The number of carbonyl (C=O) groups is 1. The number of aromatic nitrogens is 2. The maximum absolute atomic E-state index is 12.0. The second-order valence-corrected chi connectivity index (χ2v) is 6.57. The highest BCUT2D eigenvalue weighted by Gasteiger charge is 2.24. The number of thiophene rings is 1. The van der Waals surface area contributed by atoms with Crippen molar-refractivity contribution in [3.05, 3.63) is 39.3 Å². The fraction of sp³-hybridized carbons (Fsp3) is 0.500. The molecule has 23 heavy (non-hydrogen) atoms. The molecule has 0 spiro atoms. The molecule has 0 fully saturated rings. The molecular weight excluding hydrogens is 312 g/mol. The van der Waals surface area contributed by atoms with E-state index >= 15 is 0 Å². The maximum atomic E-state index is 12.0. The summed E-state index contributed by atoms with van der Waals surface area (Å²) in [6.07, 6.45) is 0. The van der Waals surface area contributed by atoms with Crippen molar-refractivity contribution >= 4 is 17.4 Å². The summed E-state index contributed by atoms with van der Waals surface area (Å²) in [5, 5.41) is 24.1. The predicted octanol–water partition coefficient (Wildman–Crippen LogP) is 2.29. The Balaban J connectivity index is 1.87. The lowest BCUT2D eigenvalue weighted by Gasteiger charge is -2.22. The smallest absolute Gasteiger partial charge is 0.315 e. The van der Waals surface area contributed by atoms with Crippen LogP contribution in [0.15, 0.2) is 16.8 Å². The van der Waals surface area contributed by atoms with E-state index in [1.54, 1.807) is 6.92 Å². The van der Waals surface area contributed by atoms with Crippen LogP contribution in [0.4, 0.5) is 4.79 Å².